The topological polar surface area (TPSA) is 66.2 Å². The van der Waals surface area contributed by atoms with Gasteiger partial charge in [-0.3, -0.25) is 4.57 Å². The van der Waals surface area contributed by atoms with Gasteiger partial charge in [0.15, 0.2) is 5.65 Å². The van der Waals surface area contributed by atoms with Gasteiger partial charge in [0, 0.05) is 7.11 Å². The molecule has 1 aliphatic rings. The molecule has 28 heavy (non-hydrogen) atoms. The molecule has 7 heteroatoms. The number of fused-ring (bicyclic) bond motifs is 1. The molecule has 1 aromatic carbocycles. The van der Waals surface area contributed by atoms with E-state index < -0.39 is 5.54 Å². The number of aryl methyl sites for hydroxylation is 1. The van der Waals surface area contributed by atoms with Gasteiger partial charge in [-0.2, -0.15) is 0 Å². The average molecular weight is 400 g/mol. The first-order valence-corrected chi connectivity index (χ1v) is 9.60. The van der Waals surface area contributed by atoms with Gasteiger partial charge in [0.05, 0.1) is 0 Å². The molecule has 4 rings (SSSR count). The van der Waals surface area contributed by atoms with Crippen LogP contribution in [0.5, 0.6) is 0 Å². The molecule has 2 heterocycles. The molecular weight excluding hydrogens is 378 g/mol. The number of esters is 1. The number of benzene rings is 1. The van der Waals surface area contributed by atoms with Gasteiger partial charge in [-0.25, -0.2) is 14.8 Å². The number of carbonyl (C=O) groups excluding carboxylic acids is 1. The largest absolute Gasteiger partial charge is 0.459 e. The van der Waals surface area contributed by atoms with Gasteiger partial charge in [-0.1, -0.05) is 48.9 Å². The molecule has 1 fully saturated rings. The highest BCUT2D eigenvalue weighted by Crippen LogP contribution is 2.53. The van der Waals surface area contributed by atoms with Gasteiger partial charge in [-0.05, 0) is 36.5 Å². The van der Waals surface area contributed by atoms with Gasteiger partial charge in [-0.15, -0.1) is 0 Å². The number of pyridine rings is 1. The first-order chi connectivity index (χ1) is 13.5. The Morgan fingerprint density at radius 1 is 1.29 bits per heavy atom. The average Bonchev–Trinajstić information content (AvgIpc) is 3.21. The van der Waals surface area contributed by atoms with E-state index in [0.717, 1.165) is 16.6 Å². The third kappa shape index (κ3) is 3.06. The van der Waals surface area contributed by atoms with Gasteiger partial charge >= 0.3 is 5.97 Å². The Bertz CT molecular complexity index is 1030. The van der Waals surface area contributed by atoms with Crippen LogP contribution >= 0.6 is 11.6 Å². The molecule has 6 nitrogen and oxygen atoms in total. The van der Waals surface area contributed by atoms with Crippen LogP contribution in [0.1, 0.15) is 30.3 Å². The minimum absolute atomic E-state index is 0.102. The molecule has 0 saturated heterocycles. The second-order valence-corrected chi connectivity index (χ2v) is 7.71. The lowest BCUT2D eigenvalue weighted by Crippen LogP contribution is -2.33. The van der Waals surface area contributed by atoms with Crippen molar-refractivity contribution in [2.24, 2.45) is 5.92 Å². The third-order valence-corrected chi connectivity index (χ3v) is 5.55. The third-order valence-electron chi connectivity index (χ3n) is 5.36. The van der Waals surface area contributed by atoms with E-state index in [0.29, 0.717) is 23.0 Å². The van der Waals surface area contributed by atoms with Crippen LogP contribution in [0.2, 0.25) is 5.15 Å². The molecule has 0 amide bonds. The lowest BCUT2D eigenvalue weighted by atomic mass is 10.2. The summed E-state index contributed by atoms with van der Waals surface area (Å²) >= 11 is 6.21. The molecule has 3 aromatic rings. The second-order valence-electron chi connectivity index (χ2n) is 7.32. The van der Waals surface area contributed by atoms with Crippen LogP contribution in [0.3, 0.4) is 0 Å². The number of aromatic nitrogens is 3. The van der Waals surface area contributed by atoms with Crippen molar-refractivity contribution in [2.75, 3.05) is 7.11 Å². The van der Waals surface area contributed by atoms with Crippen molar-refractivity contribution >= 4 is 28.7 Å². The molecule has 0 N–H and O–H groups in total. The van der Waals surface area contributed by atoms with Crippen molar-refractivity contribution < 1.29 is 14.3 Å². The van der Waals surface area contributed by atoms with Crippen molar-refractivity contribution in [3.8, 4) is 0 Å². The van der Waals surface area contributed by atoms with Gasteiger partial charge in [0.25, 0.3) is 0 Å². The normalized spacial score (nSPS) is 21.1. The number of methoxy groups -OCH3 is 1. The van der Waals surface area contributed by atoms with Gasteiger partial charge in [0.1, 0.15) is 35.2 Å². The fourth-order valence-corrected chi connectivity index (χ4v) is 4.04. The molecule has 146 valence electrons. The summed E-state index contributed by atoms with van der Waals surface area (Å²) in [5.41, 5.74) is 2.35. The first-order valence-electron chi connectivity index (χ1n) is 9.22. The zero-order chi connectivity index (χ0) is 19.9. The van der Waals surface area contributed by atoms with E-state index in [1.807, 2.05) is 48.7 Å². The molecule has 2 aromatic heterocycles. The number of nitrogens with zero attached hydrogens (tertiary/aromatic N) is 3. The van der Waals surface area contributed by atoms with Crippen molar-refractivity contribution in [2.45, 2.75) is 39.0 Å². The van der Waals surface area contributed by atoms with Crippen LogP contribution in [0.25, 0.3) is 11.2 Å². The summed E-state index contributed by atoms with van der Waals surface area (Å²) in [4.78, 5) is 22.4. The lowest BCUT2D eigenvalue weighted by Gasteiger charge is -2.20. The predicted octanol–water partition coefficient (Wildman–Crippen LogP) is 4.02. The van der Waals surface area contributed by atoms with Crippen LogP contribution in [0.4, 0.5) is 0 Å². The minimum Gasteiger partial charge on any atom is -0.459 e. The van der Waals surface area contributed by atoms with Crippen molar-refractivity contribution in [1.29, 1.82) is 0 Å². The van der Waals surface area contributed by atoms with Gasteiger partial charge < -0.3 is 9.47 Å². The highest BCUT2D eigenvalue weighted by atomic mass is 35.5. The minimum atomic E-state index is -0.832. The fraction of sp³-hybridized carbons (Fsp3) is 0.381. The van der Waals surface area contributed by atoms with Crippen LogP contribution in [0.15, 0.2) is 36.4 Å². The van der Waals surface area contributed by atoms with Gasteiger partial charge in [0.2, 0.25) is 0 Å². The van der Waals surface area contributed by atoms with Crippen molar-refractivity contribution in [3.63, 3.8) is 0 Å². The molecule has 0 unspecified atom stereocenters. The van der Waals surface area contributed by atoms with Crippen LogP contribution < -0.4 is 0 Å². The number of rotatable bonds is 6. The van der Waals surface area contributed by atoms with E-state index in [1.54, 1.807) is 13.2 Å². The zero-order valence-corrected chi connectivity index (χ0v) is 16.9. The second kappa shape index (κ2) is 7.18. The lowest BCUT2D eigenvalue weighted by molar-refractivity contribution is -0.151. The monoisotopic (exact) mass is 399 g/mol. The highest BCUT2D eigenvalue weighted by Gasteiger charge is 2.62. The van der Waals surface area contributed by atoms with Crippen LogP contribution in [0, 0.1) is 12.8 Å². The zero-order valence-electron chi connectivity index (χ0n) is 16.1. The highest BCUT2D eigenvalue weighted by molar-refractivity contribution is 6.29. The summed E-state index contributed by atoms with van der Waals surface area (Å²) in [5.74, 6) is 0.473. The summed E-state index contributed by atoms with van der Waals surface area (Å²) in [5, 5.41) is 0.372. The maximum atomic E-state index is 13.2. The number of imidazole rings is 1. The molecule has 0 spiro atoms. The van der Waals surface area contributed by atoms with Crippen molar-refractivity contribution in [1.82, 2.24) is 14.5 Å². The van der Waals surface area contributed by atoms with E-state index in [2.05, 4.69) is 4.98 Å². The Morgan fingerprint density at radius 2 is 2.00 bits per heavy atom. The van der Waals surface area contributed by atoms with Crippen LogP contribution in [-0.4, -0.2) is 27.6 Å². The summed E-state index contributed by atoms with van der Waals surface area (Å²) < 4.78 is 12.9. The molecule has 0 aliphatic heterocycles. The Labute approximate surface area is 168 Å². The van der Waals surface area contributed by atoms with E-state index in [1.165, 1.54) is 0 Å². The Kier molecular flexibility index (Phi) is 4.85. The SMILES string of the molecule is COCc1nc2c(C)cc(Cl)nc2n1[C@@]1(C(=O)OCc2ccccc2)C[C@@H]1C. The number of carbonyl (C=O) groups is 1. The summed E-state index contributed by atoms with van der Waals surface area (Å²) in [6.07, 6.45) is 0.663. The molecule has 1 aliphatic carbocycles. The maximum Gasteiger partial charge on any atom is 0.333 e. The van der Waals surface area contributed by atoms with Crippen LogP contribution in [-0.2, 0) is 33.0 Å². The number of hydrogen-bond donors (Lipinski definition) is 0. The number of halogens is 1. The summed E-state index contributed by atoms with van der Waals surface area (Å²) in [6, 6.07) is 11.4. The summed E-state index contributed by atoms with van der Waals surface area (Å²) in [7, 11) is 1.60. The van der Waals surface area contributed by atoms with E-state index in [4.69, 9.17) is 26.1 Å². The van der Waals surface area contributed by atoms with E-state index in [9.17, 15) is 4.79 Å². The predicted molar refractivity (Wildman–Crippen MR) is 106 cm³/mol. The number of hydrogen-bond acceptors (Lipinski definition) is 5. The Balaban J connectivity index is 1.75. The molecular formula is C21H22ClN3O3. The molecule has 1 saturated carbocycles. The summed E-state index contributed by atoms with van der Waals surface area (Å²) in [6.45, 7) is 4.46. The molecule has 2 atom stereocenters. The van der Waals surface area contributed by atoms with E-state index in [-0.39, 0.29) is 25.1 Å². The maximum absolute atomic E-state index is 13.2. The molecule has 0 radical (unpaired) electrons. The Hall–Kier alpha value is -2.44. The quantitative estimate of drug-likeness (QED) is 0.462. The first kappa shape index (κ1) is 18.9. The Morgan fingerprint density at radius 3 is 2.64 bits per heavy atom. The smallest absolute Gasteiger partial charge is 0.333 e. The standard InChI is InChI=1S/C21H22ClN3O3/c1-13-9-16(22)23-19-18(13)24-17(12-27-3)25(19)21(10-14(21)2)20(26)28-11-15-7-5-4-6-8-15/h4-9,14H,10-12H2,1-3H3/t14-,21-/m0/s1. The number of ether oxygens (including phenoxy) is 2. The molecule has 0 bridgehead atoms. The van der Waals surface area contributed by atoms with Crippen molar-refractivity contribution in [3.05, 3.63) is 58.5 Å². The van der Waals surface area contributed by atoms with E-state index >= 15 is 0 Å². The fourth-order valence-electron chi connectivity index (χ4n) is 3.79.